The molecule has 0 bridgehead atoms. The molecule has 0 amide bonds. The lowest BCUT2D eigenvalue weighted by atomic mass is 9.78. The van der Waals surface area contributed by atoms with Gasteiger partial charge in [-0.2, -0.15) is 0 Å². The van der Waals surface area contributed by atoms with Gasteiger partial charge in [-0.15, -0.1) is 0 Å². The van der Waals surface area contributed by atoms with Gasteiger partial charge in [-0.1, -0.05) is 79.1 Å². The molecule has 0 aromatic carbocycles. The van der Waals surface area contributed by atoms with E-state index in [9.17, 15) is 0 Å². The fourth-order valence-electron chi connectivity index (χ4n) is 4.03. The zero-order chi connectivity index (χ0) is 13.4. The first-order chi connectivity index (χ1) is 8.69. The minimum Gasteiger partial charge on any atom is -0.0654 e. The summed E-state index contributed by atoms with van der Waals surface area (Å²) in [6.07, 6.45) is 14.6. The first-order valence-corrected chi connectivity index (χ1v) is 8.69. The van der Waals surface area contributed by atoms with Crippen molar-refractivity contribution in [3.8, 4) is 0 Å². The normalized spacial score (nSPS) is 27.3. The van der Waals surface area contributed by atoms with E-state index in [4.69, 9.17) is 0 Å². The molecule has 0 saturated heterocycles. The highest BCUT2D eigenvalue weighted by Crippen LogP contribution is 2.42. The lowest BCUT2D eigenvalue weighted by molar-refractivity contribution is 0.223. The summed E-state index contributed by atoms with van der Waals surface area (Å²) in [7, 11) is 0. The molecule has 108 valence electrons. The van der Waals surface area contributed by atoms with Gasteiger partial charge in [0.05, 0.1) is 0 Å². The summed E-state index contributed by atoms with van der Waals surface area (Å²) < 4.78 is 0. The highest BCUT2D eigenvalue weighted by molar-refractivity contribution is 4.82. The molecule has 4 unspecified atom stereocenters. The van der Waals surface area contributed by atoms with Crippen molar-refractivity contribution < 1.29 is 0 Å². The van der Waals surface area contributed by atoms with Crippen LogP contribution in [0.5, 0.6) is 0 Å². The van der Waals surface area contributed by atoms with Crippen molar-refractivity contribution >= 4 is 0 Å². The standard InChI is InChI=1S/C18H36/c1-5-7-10-15(3)14-17-12-9-13-18(17)16(4)11-8-6-2/h15-18H,5-14H2,1-4H3. The minimum atomic E-state index is 0.967. The van der Waals surface area contributed by atoms with E-state index in [1.165, 1.54) is 64.2 Å². The van der Waals surface area contributed by atoms with Gasteiger partial charge >= 0.3 is 0 Å². The van der Waals surface area contributed by atoms with Gasteiger partial charge in [-0.3, -0.25) is 0 Å². The van der Waals surface area contributed by atoms with Crippen LogP contribution in [0.3, 0.4) is 0 Å². The van der Waals surface area contributed by atoms with Crippen molar-refractivity contribution in [2.24, 2.45) is 23.7 Å². The fourth-order valence-corrected chi connectivity index (χ4v) is 4.03. The van der Waals surface area contributed by atoms with Crippen molar-refractivity contribution in [2.75, 3.05) is 0 Å². The van der Waals surface area contributed by atoms with Crippen LogP contribution in [0, 0.1) is 23.7 Å². The monoisotopic (exact) mass is 252 g/mol. The number of rotatable bonds is 9. The summed E-state index contributed by atoms with van der Waals surface area (Å²) in [6.45, 7) is 9.65. The molecule has 0 radical (unpaired) electrons. The van der Waals surface area contributed by atoms with Gasteiger partial charge in [0, 0.05) is 0 Å². The van der Waals surface area contributed by atoms with Crippen molar-refractivity contribution in [1.82, 2.24) is 0 Å². The number of hydrogen-bond donors (Lipinski definition) is 0. The quantitative estimate of drug-likeness (QED) is 0.442. The third-order valence-corrected chi connectivity index (χ3v) is 5.22. The van der Waals surface area contributed by atoms with Crippen LogP contribution in [-0.2, 0) is 0 Å². The van der Waals surface area contributed by atoms with Gasteiger partial charge in [0.1, 0.15) is 0 Å². The van der Waals surface area contributed by atoms with Crippen LogP contribution in [-0.4, -0.2) is 0 Å². The molecule has 1 aliphatic carbocycles. The van der Waals surface area contributed by atoms with Crippen LogP contribution in [0.2, 0.25) is 0 Å². The van der Waals surface area contributed by atoms with E-state index in [1.54, 1.807) is 0 Å². The molecule has 1 saturated carbocycles. The fraction of sp³-hybridized carbons (Fsp3) is 1.00. The first-order valence-electron chi connectivity index (χ1n) is 8.69. The zero-order valence-corrected chi connectivity index (χ0v) is 13.4. The molecule has 0 spiro atoms. The van der Waals surface area contributed by atoms with E-state index in [0.29, 0.717) is 0 Å². The average molecular weight is 252 g/mol. The van der Waals surface area contributed by atoms with E-state index in [2.05, 4.69) is 27.7 Å². The van der Waals surface area contributed by atoms with Gasteiger partial charge in [-0.25, -0.2) is 0 Å². The maximum absolute atomic E-state index is 2.52. The topological polar surface area (TPSA) is 0 Å². The first kappa shape index (κ1) is 16.1. The Morgan fingerprint density at radius 3 is 2.28 bits per heavy atom. The predicted octanol–water partition coefficient (Wildman–Crippen LogP) is 6.45. The Kier molecular flexibility index (Phi) is 8.02. The largest absolute Gasteiger partial charge is 0.0654 e. The van der Waals surface area contributed by atoms with Crippen molar-refractivity contribution in [2.45, 2.75) is 91.9 Å². The molecule has 0 N–H and O–H groups in total. The lowest BCUT2D eigenvalue weighted by Gasteiger charge is -2.28. The molecule has 0 nitrogen and oxygen atoms in total. The van der Waals surface area contributed by atoms with E-state index in [-0.39, 0.29) is 0 Å². The van der Waals surface area contributed by atoms with Gasteiger partial charge < -0.3 is 0 Å². The van der Waals surface area contributed by atoms with E-state index in [1.807, 2.05) is 0 Å². The number of hydrogen-bond acceptors (Lipinski definition) is 0. The summed E-state index contributed by atoms with van der Waals surface area (Å²) in [5.74, 6) is 4.06. The summed E-state index contributed by atoms with van der Waals surface area (Å²) >= 11 is 0. The number of unbranched alkanes of at least 4 members (excludes halogenated alkanes) is 2. The SMILES string of the molecule is CCCCC(C)CC1CCCC1C(C)CCCC. The lowest BCUT2D eigenvalue weighted by Crippen LogP contribution is -2.19. The molecule has 18 heavy (non-hydrogen) atoms. The Labute approximate surface area is 116 Å². The molecule has 0 heterocycles. The minimum absolute atomic E-state index is 0.967. The second-order valence-electron chi connectivity index (χ2n) is 6.96. The Morgan fingerprint density at radius 2 is 1.61 bits per heavy atom. The molecule has 0 aromatic rings. The smallest absolute Gasteiger partial charge is 0.0360 e. The summed E-state index contributed by atoms with van der Waals surface area (Å²) in [5, 5.41) is 0. The average Bonchev–Trinajstić information content (AvgIpc) is 2.81. The molecular weight excluding hydrogens is 216 g/mol. The summed E-state index contributed by atoms with van der Waals surface area (Å²) in [6, 6.07) is 0. The Hall–Kier alpha value is 0. The van der Waals surface area contributed by atoms with Crippen LogP contribution in [0.15, 0.2) is 0 Å². The summed E-state index contributed by atoms with van der Waals surface area (Å²) in [4.78, 5) is 0. The molecule has 1 fully saturated rings. The molecule has 0 aliphatic heterocycles. The van der Waals surface area contributed by atoms with Crippen LogP contribution in [0.1, 0.15) is 91.9 Å². The molecular formula is C18H36. The van der Waals surface area contributed by atoms with Gasteiger partial charge in [-0.05, 0) is 36.5 Å². The van der Waals surface area contributed by atoms with E-state index >= 15 is 0 Å². The van der Waals surface area contributed by atoms with Gasteiger partial charge in [0.25, 0.3) is 0 Å². The Balaban J connectivity index is 2.34. The van der Waals surface area contributed by atoms with E-state index in [0.717, 1.165) is 23.7 Å². The predicted molar refractivity (Wildman–Crippen MR) is 82.8 cm³/mol. The van der Waals surface area contributed by atoms with Crippen molar-refractivity contribution in [3.05, 3.63) is 0 Å². The van der Waals surface area contributed by atoms with Crippen molar-refractivity contribution in [1.29, 1.82) is 0 Å². The van der Waals surface area contributed by atoms with Crippen LogP contribution in [0.25, 0.3) is 0 Å². The Morgan fingerprint density at radius 1 is 0.944 bits per heavy atom. The Bertz CT molecular complexity index is 196. The van der Waals surface area contributed by atoms with Crippen molar-refractivity contribution in [3.63, 3.8) is 0 Å². The highest BCUT2D eigenvalue weighted by Gasteiger charge is 2.31. The zero-order valence-electron chi connectivity index (χ0n) is 13.4. The second-order valence-corrected chi connectivity index (χ2v) is 6.96. The third kappa shape index (κ3) is 5.33. The van der Waals surface area contributed by atoms with Gasteiger partial charge in [0.2, 0.25) is 0 Å². The van der Waals surface area contributed by atoms with Crippen LogP contribution >= 0.6 is 0 Å². The molecule has 0 heteroatoms. The molecule has 0 aromatic heterocycles. The van der Waals surface area contributed by atoms with Crippen LogP contribution in [0.4, 0.5) is 0 Å². The molecule has 1 rings (SSSR count). The van der Waals surface area contributed by atoms with Gasteiger partial charge in [0.15, 0.2) is 0 Å². The summed E-state index contributed by atoms with van der Waals surface area (Å²) in [5.41, 5.74) is 0. The molecule has 1 aliphatic rings. The van der Waals surface area contributed by atoms with E-state index < -0.39 is 0 Å². The third-order valence-electron chi connectivity index (χ3n) is 5.22. The molecule has 4 atom stereocenters. The van der Waals surface area contributed by atoms with Crippen LogP contribution < -0.4 is 0 Å². The highest BCUT2D eigenvalue weighted by atomic mass is 14.4. The second kappa shape index (κ2) is 8.99. The maximum Gasteiger partial charge on any atom is -0.0360 e. The maximum atomic E-state index is 2.52.